The lowest BCUT2D eigenvalue weighted by molar-refractivity contribution is 0.0570. The van der Waals surface area contributed by atoms with E-state index in [9.17, 15) is 4.79 Å². The minimum absolute atomic E-state index is 0.0448. The van der Waals surface area contributed by atoms with Crippen LogP contribution in [0.3, 0.4) is 0 Å². The molecule has 2 fully saturated rings. The van der Waals surface area contributed by atoms with Gasteiger partial charge in [0.25, 0.3) is 5.91 Å². The van der Waals surface area contributed by atoms with E-state index >= 15 is 0 Å². The highest BCUT2D eigenvalue weighted by Gasteiger charge is 2.38. The first-order chi connectivity index (χ1) is 9.31. The summed E-state index contributed by atoms with van der Waals surface area (Å²) in [5, 5.41) is 3.39. The van der Waals surface area contributed by atoms with Crippen molar-refractivity contribution in [3.63, 3.8) is 0 Å². The zero-order valence-corrected chi connectivity index (χ0v) is 11.1. The van der Waals surface area contributed by atoms with Crippen molar-refractivity contribution >= 4 is 5.91 Å². The molecule has 3 heterocycles. The third-order valence-corrected chi connectivity index (χ3v) is 4.13. The predicted molar refractivity (Wildman–Crippen MR) is 71.2 cm³/mol. The molecule has 2 saturated heterocycles. The number of hydrogen-bond donors (Lipinski definition) is 1. The second kappa shape index (κ2) is 5.17. The highest BCUT2D eigenvalue weighted by Crippen LogP contribution is 2.29. The van der Waals surface area contributed by atoms with Crippen LogP contribution in [0.2, 0.25) is 0 Å². The molecule has 0 aliphatic carbocycles. The van der Waals surface area contributed by atoms with Gasteiger partial charge in [-0.1, -0.05) is 0 Å². The number of pyridine rings is 1. The Kier molecular flexibility index (Phi) is 3.38. The Bertz CT molecular complexity index is 478. The summed E-state index contributed by atoms with van der Waals surface area (Å²) in [4.78, 5) is 18.8. The minimum Gasteiger partial charge on any atom is -0.480 e. The largest absolute Gasteiger partial charge is 0.480 e. The van der Waals surface area contributed by atoms with Crippen molar-refractivity contribution < 1.29 is 9.53 Å². The van der Waals surface area contributed by atoms with Crippen molar-refractivity contribution in [1.82, 2.24) is 15.2 Å². The summed E-state index contributed by atoms with van der Waals surface area (Å²) >= 11 is 0. The molecule has 0 radical (unpaired) electrons. The molecule has 2 aliphatic heterocycles. The van der Waals surface area contributed by atoms with Crippen molar-refractivity contribution in [2.75, 3.05) is 26.7 Å². The smallest absolute Gasteiger partial charge is 0.259 e. The van der Waals surface area contributed by atoms with Crippen LogP contribution >= 0.6 is 0 Å². The number of rotatable bonds is 2. The Hall–Kier alpha value is -1.62. The van der Waals surface area contributed by atoms with Gasteiger partial charge in [0, 0.05) is 31.9 Å². The average molecular weight is 261 g/mol. The number of carbonyl (C=O) groups excluding carboxylic acids is 1. The maximum absolute atomic E-state index is 12.7. The number of ether oxygens (including phenoxy) is 1. The number of aromatic nitrogens is 1. The second-order valence-electron chi connectivity index (χ2n) is 5.19. The van der Waals surface area contributed by atoms with Crippen LogP contribution in [-0.2, 0) is 0 Å². The lowest BCUT2D eigenvalue weighted by atomic mass is 9.91. The Labute approximate surface area is 113 Å². The van der Waals surface area contributed by atoms with Crippen LogP contribution in [0.15, 0.2) is 18.3 Å². The predicted octanol–water partition coefficient (Wildman–Crippen LogP) is 0.914. The Morgan fingerprint density at radius 1 is 1.53 bits per heavy atom. The number of hydrogen-bond acceptors (Lipinski definition) is 4. The van der Waals surface area contributed by atoms with Crippen LogP contribution in [-0.4, -0.2) is 48.6 Å². The number of carbonyl (C=O) groups is 1. The van der Waals surface area contributed by atoms with E-state index in [1.165, 1.54) is 6.42 Å². The third kappa shape index (κ3) is 2.18. The Morgan fingerprint density at radius 3 is 3.26 bits per heavy atom. The van der Waals surface area contributed by atoms with E-state index in [-0.39, 0.29) is 5.91 Å². The third-order valence-electron chi connectivity index (χ3n) is 4.13. The molecule has 3 rings (SSSR count). The lowest BCUT2D eigenvalue weighted by Crippen LogP contribution is -2.48. The van der Waals surface area contributed by atoms with Gasteiger partial charge < -0.3 is 15.0 Å². The summed E-state index contributed by atoms with van der Waals surface area (Å²) in [6, 6.07) is 3.90. The molecular weight excluding hydrogens is 242 g/mol. The number of methoxy groups -OCH3 is 1. The molecule has 2 unspecified atom stereocenters. The quantitative estimate of drug-likeness (QED) is 0.860. The molecule has 0 bridgehead atoms. The SMILES string of the molecule is COc1ncccc1C(=O)N1CCCC2CNCC21. The molecule has 0 aromatic carbocycles. The first kappa shape index (κ1) is 12.4. The molecule has 1 amide bonds. The van der Waals surface area contributed by atoms with E-state index in [0.717, 1.165) is 26.1 Å². The number of piperidine rings is 1. The summed E-state index contributed by atoms with van der Waals surface area (Å²) in [5.41, 5.74) is 0.567. The lowest BCUT2D eigenvalue weighted by Gasteiger charge is -2.37. The van der Waals surface area contributed by atoms with E-state index in [0.29, 0.717) is 23.4 Å². The van der Waals surface area contributed by atoms with Gasteiger partial charge in [0.2, 0.25) is 5.88 Å². The number of fused-ring (bicyclic) bond motifs is 1. The van der Waals surface area contributed by atoms with Gasteiger partial charge in [-0.25, -0.2) is 4.98 Å². The fourth-order valence-corrected chi connectivity index (χ4v) is 3.19. The summed E-state index contributed by atoms with van der Waals surface area (Å²) < 4.78 is 5.19. The van der Waals surface area contributed by atoms with Crippen LogP contribution < -0.4 is 10.1 Å². The Morgan fingerprint density at radius 2 is 2.42 bits per heavy atom. The van der Waals surface area contributed by atoms with Crippen molar-refractivity contribution in [2.45, 2.75) is 18.9 Å². The van der Waals surface area contributed by atoms with Crippen LogP contribution in [0, 0.1) is 5.92 Å². The molecule has 1 N–H and O–H groups in total. The first-order valence-electron chi connectivity index (χ1n) is 6.82. The van der Waals surface area contributed by atoms with Gasteiger partial charge in [0.05, 0.1) is 7.11 Å². The number of likely N-dealkylation sites (tertiary alicyclic amines) is 1. The van der Waals surface area contributed by atoms with E-state index in [1.54, 1.807) is 25.4 Å². The number of nitrogens with one attached hydrogen (secondary N) is 1. The molecule has 5 nitrogen and oxygen atoms in total. The van der Waals surface area contributed by atoms with Gasteiger partial charge in [0.15, 0.2) is 0 Å². The van der Waals surface area contributed by atoms with E-state index < -0.39 is 0 Å². The zero-order valence-electron chi connectivity index (χ0n) is 11.1. The van der Waals surface area contributed by atoms with Crippen molar-refractivity contribution in [3.05, 3.63) is 23.9 Å². The van der Waals surface area contributed by atoms with Gasteiger partial charge in [-0.3, -0.25) is 4.79 Å². The molecule has 1 aromatic heterocycles. The van der Waals surface area contributed by atoms with Crippen molar-refractivity contribution in [1.29, 1.82) is 0 Å². The second-order valence-corrected chi connectivity index (χ2v) is 5.19. The van der Waals surface area contributed by atoms with Gasteiger partial charge in [-0.05, 0) is 30.9 Å². The Balaban J connectivity index is 1.86. The van der Waals surface area contributed by atoms with Gasteiger partial charge >= 0.3 is 0 Å². The monoisotopic (exact) mass is 261 g/mol. The van der Waals surface area contributed by atoms with E-state index in [4.69, 9.17) is 4.74 Å². The van der Waals surface area contributed by atoms with Crippen molar-refractivity contribution in [3.8, 4) is 5.88 Å². The number of nitrogens with zero attached hydrogens (tertiary/aromatic N) is 2. The van der Waals surface area contributed by atoms with E-state index in [2.05, 4.69) is 10.3 Å². The van der Waals surface area contributed by atoms with Crippen LogP contribution in [0.25, 0.3) is 0 Å². The molecular formula is C14H19N3O2. The highest BCUT2D eigenvalue weighted by atomic mass is 16.5. The standard InChI is InChI=1S/C14H19N3O2/c1-19-13-11(5-2-6-16-13)14(18)17-7-3-4-10-8-15-9-12(10)17/h2,5-6,10,12,15H,3-4,7-9H2,1H3. The normalized spacial score (nSPS) is 26.1. The van der Waals surface area contributed by atoms with Crippen molar-refractivity contribution in [2.24, 2.45) is 5.92 Å². The summed E-state index contributed by atoms with van der Waals surface area (Å²) in [7, 11) is 1.55. The maximum Gasteiger partial charge on any atom is 0.259 e. The summed E-state index contributed by atoms with van der Waals surface area (Å²) in [6.45, 7) is 2.76. The van der Waals surface area contributed by atoms with E-state index in [1.807, 2.05) is 4.90 Å². The summed E-state index contributed by atoms with van der Waals surface area (Å²) in [6.07, 6.45) is 3.94. The maximum atomic E-state index is 12.7. The molecule has 1 aromatic rings. The fraction of sp³-hybridized carbons (Fsp3) is 0.571. The minimum atomic E-state index is 0.0448. The average Bonchev–Trinajstić information content (AvgIpc) is 2.94. The molecule has 102 valence electrons. The molecule has 2 atom stereocenters. The van der Waals surface area contributed by atoms with Crippen LogP contribution in [0.1, 0.15) is 23.2 Å². The molecule has 0 spiro atoms. The van der Waals surface area contributed by atoms with Gasteiger partial charge in [-0.2, -0.15) is 0 Å². The fourth-order valence-electron chi connectivity index (χ4n) is 3.19. The molecule has 0 saturated carbocycles. The summed E-state index contributed by atoms with van der Waals surface area (Å²) in [5.74, 6) is 1.06. The number of amides is 1. The molecule has 2 aliphatic rings. The zero-order chi connectivity index (χ0) is 13.2. The van der Waals surface area contributed by atoms with Gasteiger partial charge in [-0.15, -0.1) is 0 Å². The molecule has 5 heteroatoms. The molecule has 19 heavy (non-hydrogen) atoms. The first-order valence-corrected chi connectivity index (χ1v) is 6.82. The topological polar surface area (TPSA) is 54.5 Å². The van der Waals surface area contributed by atoms with Gasteiger partial charge in [0.1, 0.15) is 5.56 Å². The van der Waals surface area contributed by atoms with Crippen LogP contribution in [0.4, 0.5) is 0 Å². The van der Waals surface area contributed by atoms with Crippen LogP contribution in [0.5, 0.6) is 5.88 Å². The highest BCUT2D eigenvalue weighted by molar-refractivity contribution is 5.96.